The molecule has 24 heavy (non-hydrogen) atoms. The van der Waals surface area contributed by atoms with Gasteiger partial charge in [0.2, 0.25) is 0 Å². The van der Waals surface area contributed by atoms with Crippen LogP contribution < -0.4 is 14.8 Å². The standard InChI is InChI=1S/C19H21I2NO2/c1-11-15(20)6-12(7-16(11)21)8-17-14-10-19(24-3)18(23-2)9-13(14)4-5-22-17/h6-7,9-10,17,22H,4-5,8H2,1-3H3. The highest BCUT2D eigenvalue weighted by Crippen LogP contribution is 2.36. The van der Waals surface area contributed by atoms with Gasteiger partial charge in [-0.15, -0.1) is 0 Å². The molecule has 0 amide bonds. The molecule has 0 fully saturated rings. The average molecular weight is 549 g/mol. The van der Waals surface area contributed by atoms with Crippen LogP contribution in [0.5, 0.6) is 11.5 Å². The number of methoxy groups -OCH3 is 2. The van der Waals surface area contributed by atoms with E-state index in [-0.39, 0.29) is 0 Å². The fourth-order valence-corrected chi connectivity index (χ4v) is 5.10. The predicted molar refractivity (Wildman–Crippen MR) is 114 cm³/mol. The van der Waals surface area contributed by atoms with Gasteiger partial charge in [0.25, 0.3) is 0 Å². The zero-order valence-electron chi connectivity index (χ0n) is 14.1. The van der Waals surface area contributed by atoms with Crippen molar-refractivity contribution in [3.63, 3.8) is 0 Å². The van der Waals surface area contributed by atoms with Crippen molar-refractivity contribution in [1.82, 2.24) is 5.32 Å². The summed E-state index contributed by atoms with van der Waals surface area (Å²) in [6, 6.07) is 9.17. The van der Waals surface area contributed by atoms with E-state index < -0.39 is 0 Å². The Labute approximate surface area is 170 Å². The SMILES string of the molecule is COc1cc2c(cc1OC)C(Cc1cc(I)c(C)c(I)c1)NCC2. The summed E-state index contributed by atoms with van der Waals surface area (Å²) < 4.78 is 13.6. The van der Waals surface area contributed by atoms with E-state index in [1.54, 1.807) is 14.2 Å². The molecule has 3 rings (SSSR count). The fourth-order valence-electron chi connectivity index (χ4n) is 3.20. The van der Waals surface area contributed by atoms with Gasteiger partial charge in [0.1, 0.15) is 0 Å². The van der Waals surface area contributed by atoms with Crippen LogP contribution in [-0.4, -0.2) is 20.8 Å². The van der Waals surface area contributed by atoms with E-state index in [0.717, 1.165) is 30.9 Å². The van der Waals surface area contributed by atoms with Crippen molar-refractivity contribution < 1.29 is 9.47 Å². The van der Waals surface area contributed by atoms with Gasteiger partial charge >= 0.3 is 0 Å². The van der Waals surface area contributed by atoms with Crippen LogP contribution in [0.4, 0.5) is 0 Å². The summed E-state index contributed by atoms with van der Waals surface area (Å²) in [4.78, 5) is 0. The molecular formula is C19H21I2NO2. The van der Waals surface area contributed by atoms with Crippen LogP contribution in [0.2, 0.25) is 0 Å². The predicted octanol–water partition coefficient (Wildman–Crippen LogP) is 4.65. The van der Waals surface area contributed by atoms with Crippen LogP contribution in [0.25, 0.3) is 0 Å². The second-order valence-corrected chi connectivity index (χ2v) is 8.38. The van der Waals surface area contributed by atoms with Gasteiger partial charge in [0.15, 0.2) is 11.5 Å². The van der Waals surface area contributed by atoms with Crippen LogP contribution in [0.15, 0.2) is 24.3 Å². The Bertz CT molecular complexity index is 738. The molecule has 1 heterocycles. The Hall–Kier alpha value is -0.540. The summed E-state index contributed by atoms with van der Waals surface area (Å²) in [5.41, 5.74) is 5.41. The largest absolute Gasteiger partial charge is 0.493 e. The van der Waals surface area contributed by atoms with Crippen molar-refractivity contribution >= 4 is 45.2 Å². The van der Waals surface area contributed by atoms with Crippen molar-refractivity contribution in [3.05, 3.63) is 53.7 Å². The van der Waals surface area contributed by atoms with E-state index in [4.69, 9.17) is 9.47 Å². The first kappa shape index (κ1) is 18.3. The lowest BCUT2D eigenvalue weighted by atomic mass is 9.89. The van der Waals surface area contributed by atoms with Gasteiger partial charge in [-0.1, -0.05) is 0 Å². The molecule has 0 radical (unpaired) electrons. The van der Waals surface area contributed by atoms with Gasteiger partial charge in [-0.2, -0.15) is 0 Å². The number of halogens is 2. The third-order valence-electron chi connectivity index (χ3n) is 4.59. The molecular weight excluding hydrogens is 528 g/mol. The van der Waals surface area contributed by atoms with Crippen LogP contribution in [0, 0.1) is 14.1 Å². The minimum atomic E-state index is 0.308. The number of benzene rings is 2. The van der Waals surface area contributed by atoms with Gasteiger partial charge < -0.3 is 14.8 Å². The summed E-state index contributed by atoms with van der Waals surface area (Å²) in [6.07, 6.45) is 2.00. The maximum absolute atomic E-state index is 5.50. The zero-order valence-corrected chi connectivity index (χ0v) is 18.4. The molecule has 1 unspecified atom stereocenters. The molecule has 2 aromatic rings. The van der Waals surface area contributed by atoms with E-state index in [0.29, 0.717) is 6.04 Å². The summed E-state index contributed by atoms with van der Waals surface area (Å²) in [5.74, 6) is 1.62. The van der Waals surface area contributed by atoms with Crippen LogP contribution in [0.3, 0.4) is 0 Å². The quantitative estimate of drug-likeness (QED) is 0.564. The number of hydrogen-bond donors (Lipinski definition) is 1. The van der Waals surface area contributed by atoms with Crippen molar-refractivity contribution in [3.8, 4) is 11.5 Å². The van der Waals surface area contributed by atoms with Gasteiger partial charge in [0.05, 0.1) is 14.2 Å². The molecule has 0 saturated carbocycles. The lowest BCUT2D eigenvalue weighted by molar-refractivity contribution is 0.352. The molecule has 0 aromatic heterocycles. The number of ether oxygens (including phenoxy) is 2. The molecule has 1 N–H and O–H groups in total. The first-order chi connectivity index (χ1) is 11.5. The zero-order chi connectivity index (χ0) is 17.3. The molecule has 1 atom stereocenters. The molecule has 0 bridgehead atoms. The molecule has 2 aromatic carbocycles. The average Bonchev–Trinajstić information content (AvgIpc) is 2.58. The summed E-state index contributed by atoms with van der Waals surface area (Å²) >= 11 is 4.86. The lowest BCUT2D eigenvalue weighted by Gasteiger charge is -2.28. The van der Waals surface area contributed by atoms with E-state index in [9.17, 15) is 0 Å². The summed E-state index contributed by atoms with van der Waals surface area (Å²) in [5, 5.41) is 3.66. The number of fused-ring (bicyclic) bond motifs is 1. The maximum atomic E-state index is 5.50. The Morgan fingerprint density at radius 2 is 1.67 bits per heavy atom. The highest BCUT2D eigenvalue weighted by Gasteiger charge is 2.23. The first-order valence-electron chi connectivity index (χ1n) is 7.96. The van der Waals surface area contributed by atoms with Gasteiger partial charge in [-0.25, -0.2) is 0 Å². The number of nitrogens with one attached hydrogen (secondary N) is 1. The number of rotatable bonds is 4. The normalized spacial score (nSPS) is 16.6. The van der Waals surface area contributed by atoms with Crippen molar-refractivity contribution in [2.45, 2.75) is 25.8 Å². The molecule has 0 aliphatic carbocycles. The van der Waals surface area contributed by atoms with Gasteiger partial charge in [-0.05, 0) is 118 Å². The molecule has 128 valence electrons. The molecule has 3 nitrogen and oxygen atoms in total. The smallest absolute Gasteiger partial charge is 0.161 e. The topological polar surface area (TPSA) is 30.5 Å². The highest BCUT2D eigenvalue weighted by molar-refractivity contribution is 14.1. The lowest BCUT2D eigenvalue weighted by Crippen LogP contribution is -2.31. The Morgan fingerprint density at radius 1 is 1.04 bits per heavy atom. The summed E-state index contributed by atoms with van der Waals surface area (Å²) in [7, 11) is 3.39. The highest BCUT2D eigenvalue weighted by atomic mass is 127. The fraction of sp³-hybridized carbons (Fsp3) is 0.368. The van der Waals surface area contributed by atoms with E-state index >= 15 is 0 Å². The van der Waals surface area contributed by atoms with Crippen LogP contribution >= 0.6 is 45.2 Å². The van der Waals surface area contributed by atoms with Crippen molar-refractivity contribution in [2.24, 2.45) is 0 Å². The Morgan fingerprint density at radius 3 is 2.29 bits per heavy atom. The van der Waals surface area contributed by atoms with Crippen molar-refractivity contribution in [1.29, 1.82) is 0 Å². The first-order valence-corrected chi connectivity index (χ1v) is 10.1. The molecule has 0 saturated heterocycles. The molecule has 1 aliphatic rings. The van der Waals surface area contributed by atoms with Gasteiger partial charge in [0, 0.05) is 13.2 Å². The molecule has 1 aliphatic heterocycles. The Balaban J connectivity index is 1.95. The van der Waals surface area contributed by atoms with E-state index in [1.807, 2.05) is 0 Å². The minimum absolute atomic E-state index is 0.308. The third-order valence-corrected chi connectivity index (χ3v) is 6.83. The van der Waals surface area contributed by atoms with E-state index in [1.165, 1.54) is 29.4 Å². The second kappa shape index (κ2) is 7.78. The third kappa shape index (κ3) is 3.67. The van der Waals surface area contributed by atoms with E-state index in [2.05, 4.69) is 81.7 Å². The van der Waals surface area contributed by atoms with Gasteiger partial charge in [-0.3, -0.25) is 0 Å². The van der Waals surface area contributed by atoms with Crippen molar-refractivity contribution in [2.75, 3.05) is 20.8 Å². The number of hydrogen-bond acceptors (Lipinski definition) is 3. The molecule has 0 spiro atoms. The molecule has 5 heteroatoms. The maximum Gasteiger partial charge on any atom is 0.161 e. The minimum Gasteiger partial charge on any atom is -0.493 e. The van der Waals surface area contributed by atoms with Crippen LogP contribution in [0.1, 0.15) is 28.3 Å². The Kier molecular flexibility index (Phi) is 5.92. The second-order valence-electron chi connectivity index (χ2n) is 6.05. The monoisotopic (exact) mass is 549 g/mol. The van der Waals surface area contributed by atoms with Crippen LogP contribution in [-0.2, 0) is 12.8 Å². The summed E-state index contributed by atoms with van der Waals surface area (Å²) in [6.45, 7) is 3.17.